The molecule has 0 aromatic carbocycles. The fourth-order valence-corrected chi connectivity index (χ4v) is 1.05. The van der Waals surface area contributed by atoms with Crippen LogP contribution in [0, 0.1) is 0 Å². The van der Waals surface area contributed by atoms with Crippen LogP contribution in [0.3, 0.4) is 0 Å². The van der Waals surface area contributed by atoms with Gasteiger partial charge in [0.05, 0.1) is 0 Å². The van der Waals surface area contributed by atoms with Crippen LogP contribution < -0.4 is 5.32 Å². The lowest BCUT2D eigenvalue weighted by atomic mass is 10.2. The van der Waals surface area contributed by atoms with Crippen LogP contribution in [0.5, 0.6) is 0 Å². The molecule has 1 N–H and O–H groups in total. The summed E-state index contributed by atoms with van der Waals surface area (Å²) in [5.74, 6) is 0.0233. The first-order chi connectivity index (χ1) is 4.66. The van der Waals surface area contributed by atoms with E-state index in [0.29, 0.717) is 11.8 Å². The molecule has 60 valence electrons. The Morgan fingerprint density at radius 2 is 2.30 bits per heavy atom. The van der Waals surface area contributed by atoms with E-state index in [-0.39, 0.29) is 5.91 Å². The Bertz CT molecular complexity index is 106. The Morgan fingerprint density at radius 1 is 1.70 bits per heavy atom. The predicted octanol–water partition coefficient (Wildman–Crippen LogP) is 1.22. The van der Waals surface area contributed by atoms with Gasteiger partial charge in [-0.2, -0.15) is 12.6 Å². The van der Waals surface area contributed by atoms with Gasteiger partial charge in [-0.1, -0.05) is 13.3 Å². The molecule has 0 radical (unpaired) electrons. The van der Waals surface area contributed by atoms with Gasteiger partial charge in [0.2, 0.25) is 5.91 Å². The van der Waals surface area contributed by atoms with Gasteiger partial charge >= 0.3 is 0 Å². The molecule has 0 aliphatic carbocycles. The van der Waals surface area contributed by atoms with E-state index in [1.54, 1.807) is 0 Å². The molecule has 1 unspecified atom stereocenters. The van der Waals surface area contributed by atoms with Gasteiger partial charge in [0.15, 0.2) is 0 Å². The third-order valence-corrected chi connectivity index (χ3v) is 1.65. The molecule has 0 saturated heterocycles. The van der Waals surface area contributed by atoms with E-state index < -0.39 is 0 Å². The molecule has 0 rings (SSSR count). The zero-order chi connectivity index (χ0) is 7.98. The maximum atomic E-state index is 10.4. The normalized spacial score (nSPS) is 12.7. The first-order valence-electron chi connectivity index (χ1n) is 3.59. The molecule has 0 spiro atoms. The topological polar surface area (TPSA) is 29.1 Å². The van der Waals surface area contributed by atoms with E-state index in [1.807, 2.05) is 0 Å². The minimum absolute atomic E-state index is 0.0233. The Kier molecular flexibility index (Phi) is 5.49. The molecule has 0 aliphatic heterocycles. The minimum atomic E-state index is 0.0233. The van der Waals surface area contributed by atoms with Crippen LogP contribution in [0.15, 0.2) is 0 Å². The number of carbonyl (C=O) groups is 1. The zero-order valence-electron chi connectivity index (χ0n) is 6.55. The van der Waals surface area contributed by atoms with Crippen LogP contribution in [0.25, 0.3) is 0 Å². The second-order valence-electron chi connectivity index (χ2n) is 2.38. The highest BCUT2D eigenvalue weighted by Crippen LogP contribution is 2.01. The van der Waals surface area contributed by atoms with E-state index in [0.717, 1.165) is 12.8 Å². The first-order valence-corrected chi connectivity index (χ1v) is 4.11. The summed E-state index contributed by atoms with van der Waals surface area (Å²) in [5, 5.41) is 3.03. The zero-order valence-corrected chi connectivity index (χ0v) is 7.45. The average molecular weight is 161 g/mol. The third-order valence-electron chi connectivity index (χ3n) is 1.21. The monoisotopic (exact) mass is 161 g/mol. The molecule has 0 bridgehead atoms. The maximum absolute atomic E-state index is 10.4. The molecule has 0 aromatic rings. The molecular formula is C7H15NOS. The van der Waals surface area contributed by atoms with E-state index in [4.69, 9.17) is 0 Å². The van der Waals surface area contributed by atoms with Crippen molar-refractivity contribution < 1.29 is 4.79 Å². The molecule has 2 nitrogen and oxygen atoms in total. The van der Waals surface area contributed by atoms with Crippen LogP contribution in [0.2, 0.25) is 0 Å². The summed E-state index contributed by atoms with van der Waals surface area (Å²) >= 11 is 4.27. The lowest BCUT2D eigenvalue weighted by molar-refractivity contribution is -0.118. The van der Waals surface area contributed by atoms with Crippen molar-refractivity contribution in [3.63, 3.8) is 0 Å². The predicted molar refractivity (Wildman–Crippen MR) is 46.4 cm³/mol. The summed E-state index contributed by atoms with van der Waals surface area (Å²) in [6, 6.07) is 0. The van der Waals surface area contributed by atoms with Crippen molar-refractivity contribution in [3.8, 4) is 0 Å². The fraction of sp³-hybridized carbons (Fsp3) is 0.857. The Labute approximate surface area is 67.8 Å². The van der Waals surface area contributed by atoms with Crippen LogP contribution in [-0.4, -0.2) is 17.7 Å². The molecule has 0 heterocycles. The largest absolute Gasteiger partial charge is 0.355 e. The highest BCUT2D eigenvalue weighted by molar-refractivity contribution is 7.81. The molecular weight excluding hydrogens is 146 g/mol. The van der Waals surface area contributed by atoms with Crippen molar-refractivity contribution in [1.82, 2.24) is 5.32 Å². The Balaban J connectivity index is 3.21. The van der Waals surface area contributed by atoms with Crippen LogP contribution in [0.4, 0.5) is 0 Å². The second kappa shape index (κ2) is 5.59. The highest BCUT2D eigenvalue weighted by atomic mass is 32.1. The van der Waals surface area contributed by atoms with Crippen molar-refractivity contribution in [1.29, 1.82) is 0 Å². The van der Waals surface area contributed by atoms with Crippen molar-refractivity contribution in [2.75, 3.05) is 6.54 Å². The van der Waals surface area contributed by atoms with Gasteiger partial charge < -0.3 is 5.32 Å². The summed E-state index contributed by atoms with van der Waals surface area (Å²) in [5.41, 5.74) is 0. The van der Waals surface area contributed by atoms with Crippen molar-refractivity contribution >= 4 is 18.5 Å². The average Bonchev–Trinajstić information content (AvgIpc) is 1.85. The van der Waals surface area contributed by atoms with Crippen molar-refractivity contribution in [2.45, 2.75) is 31.9 Å². The summed E-state index contributed by atoms with van der Waals surface area (Å²) < 4.78 is 0. The Morgan fingerprint density at radius 3 is 2.70 bits per heavy atom. The second-order valence-corrected chi connectivity index (χ2v) is 3.11. The molecule has 0 aromatic heterocycles. The Hall–Kier alpha value is -0.180. The van der Waals surface area contributed by atoms with E-state index in [1.165, 1.54) is 6.92 Å². The lowest BCUT2D eigenvalue weighted by Crippen LogP contribution is -2.27. The third kappa shape index (κ3) is 5.95. The van der Waals surface area contributed by atoms with Crippen LogP contribution in [0.1, 0.15) is 26.7 Å². The van der Waals surface area contributed by atoms with Crippen molar-refractivity contribution in [2.24, 2.45) is 0 Å². The number of amides is 1. The van der Waals surface area contributed by atoms with Gasteiger partial charge in [-0.05, 0) is 6.42 Å². The fourth-order valence-electron chi connectivity index (χ4n) is 0.697. The van der Waals surface area contributed by atoms with Crippen LogP contribution in [-0.2, 0) is 4.79 Å². The van der Waals surface area contributed by atoms with Gasteiger partial charge in [-0.3, -0.25) is 4.79 Å². The van der Waals surface area contributed by atoms with Gasteiger partial charge in [0, 0.05) is 18.7 Å². The van der Waals surface area contributed by atoms with E-state index in [2.05, 4.69) is 24.9 Å². The number of carbonyl (C=O) groups excluding carboxylic acids is 1. The van der Waals surface area contributed by atoms with Gasteiger partial charge in [-0.25, -0.2) is 0 Å². The van der Waals surface area contributed by atoms with Gasteiger partial charge in [0.25, 0.3) is 0 Å². The number of hydrogen-bond acceptors (Lipinski definition) is 2. The minimum Gasteiger partial charge on any atom is -0.355 e. The number of thiol groups is 1. The summed E-state index contributed by atoms with van der Waals surface area (Å²) in [6.45, 7) is 4.32. The summed E-state index contributed by atoms with van der Waals surface area (Å²) in [6.07, 6.45) is 2.18. The number of hydrogen-bond donors (Lipinski definition) is 2. The van der Waals surface area contributed by atoms with E-state index in [9.17, 15) is 4.79 Å². The first kappa shape index (κ1) is 9.82. The standard InChI is InChI=1S/C7H15NOS/c1-3-4-7(10)5-8-6(2)9/h7,10H,3-5H2,1-2H3,(H,8,9). The molecule has 10 heavy (non-hydrogen) atoms. The van der Waals surface area contributed by atoms with Gasteiger partial charge in [-0.15, -0.1) is 0 Å². The summed E-state index contributed by atoms with van der Waals surface area (Å²) in [7, 11) is 0. The van der Waals surface area contributed by atoms with Gasteiger partial charge in [0.1, 0.15) is 0 Å². The quantitative estimate of drug-likeness (QED) is 0.596. The smallest absolute Gasteiger partial charge is 0.216 e. The molecule has 0 saturated carbocycles. The molecule has 0 aliphatic rings. The molecule has 3 heteroatoms. The maximum Gasteiger partial charge on any atom is 0.216 e. The molecule has 0 fully saturated rings. The molecule has 1 atom stereocenters. The number of nitrogens with one attached hydrogen (secondary N) is 1. The van der Waals surface area contributed by atoms with Crippen molar-refractivity contribution in [3.05, 3.63) is 0 Å². The van der Waals surface area contributed by atoms with Crippen LogP contribution >= 0.6 is 12.6 Å². The lowest BCUT2D eigenvalue weighted by Gasteiger charge is -2.08. The van der Waals surface area contributed by atoms with E-state index >= 15 is 0 Å². The SMILES string of the molecule is CCCC(S)CNC(C)=O. The molecule has 1 amide bonds. The number of rotatable bonds is 4. The highest BCUT2D eigenvalue weighted by Gasteiger charge is 2.00. The summed E-state index contributed by atoms with van der Waals surface area (Å²) in [4.78, 5) is 10.4.